The van der Waals surface area contributed by atoms with Gasteiger partial charge in [0, 0.05) is 49.3 Å². The maximum absolute atomic E-state index is 14.3. The van der Waals surface area contributed by atoms with Crippen LogP contribution < -0.4 is 0 Å². The highest BCUT2D eigenvalue weighted by Gasteiger charge is 2.70. The number of esters is 1. The second-order valence-electron chi connectivity index (χ2n) is 21.4. The van der Waals surface area contributed by atoms with Gasteiger partial charge in [-0.25, -0.2) is 0 Å². The lowest BCUT2D eigenvalue weighted by Crippen LogP contribution is -2.65. The number of aromatic nitrogens is 1. The molecular formula is C47H73N3O5. The summed E-state index contributed by atoms with van der Waals surface area (Å²) >= 11 is 0. The molecule has 4 fully saturated rings. The molecule has 1 aromatic heterocycles. The molecule has 6 rings (SSSR count). The molecule has 55 heavy (non-hydrogen) atoms. The van der Waals surface area contributed by atoms with E-state index in [1.165, 1.54) is 17.6 Å². The topological polar surface area (TPSA) is 100 Å². The third-order valence-corrected chi connectivity index (χ3v) is 16.9. The normalized spacial score (nSPS) is 35.7. The highest BCUT2D eigenvalue weighted by molar-refractivity contribution is 6.00. The lowest BCUT2D eigenvalue weighted by Gasteiger charge is -2.72. The molecule has 1 N–H and O–H groups in total. The Morgan fingerprint density at radius 2 is 1.67 bits per heavy atom. The number of aliphatic carboxylic acids is 1. The van der Waals surface area contributed by atoms with E-state index in [1.54, 1.807) is 19.4 Å². The van der Waals surface area contributed by atoms with Crippen molar-refractivity contribution in [2.45, 2.75) is 146 Å². The first kappa shape index (κ1) is 42.0. The van der Waals surface area contributed by atoms with Crippen LogP contribution in [0.2, 0.25) is 0 Å². The number of hydrogen-bond acceptors (Lipinski definition) is 7. The van der Waals surface area contributed by atoms with Crippen LogP contribution in [-0.4, -0.2) is 77.4 Å². The summed E-state index contributed by atoms with van der Waals surface area (Å²) in [5, 5.41) is 9.65. The van der Waals surface area contributed by atoms with Crippen molar-refractivity contribution in [3.05, 3.63) is 41.2 Å². The van der Waals surface area contributed by atoms with E-state index >= 15 is 0 Å². The number of carbonyl (C=O) groups is 3. The van der Waals surface area contributed by atoms with Crippen molar-refractivity contribution < 1.29 is 24.2 Å². The van der Waals surface area contributed by atoms with Gasteiger partial charge < -0.3 is 14.7 Å². The summed E-state index contributed by atoms with van der Waals surface area (Å²) in [6.45, 7) is 24.0. The minimum atomic E-state index is -1.15. The van der Waals surface area contributed by atoms with Crippen LogP contribution >= 0.6 is 0 Å². The lowest BCUT2D eigenvalue weighted by atomic mass is 9.33. The molecule has 8 heteroatoms. The maximum Gasteiger partial charge on any atom is 0.309 e. The van der Waals surface area contributed by atoms with Gasteiger partial charge in [-0.15, -0.1) is 0 Å². The van der Waals surface area contributed by atoms with Crippen LogP contribution in [0, 0.1) is 56.2 Å². The molecule has 4 saturated carbocycles. The molecule has 0 spiro atoms. The van der Waals surface area contributed by atoms with Crippen LogP contribution in [-0.2, 0) is 25.7 Å². The van der Waals surface area contributed by atoms with Gasteiger partial charge in [-0.3, -0.25) is 24.3 Å². The molecule has 0 aromatic carbocycles. The molecule has 0 aliphatic heterocycles. The minimum Gasteiger partial charge on any atom is -0.481 e. The van der Waals surface area contributed by atoms with Crippen molar-refractivity contribution in [1.29, 1.82) is 0 Å². The van der Waals surface area contributed by atoms with Gasteiger partial charge in [0.05, 0.1) is 11.8 Å². The van der Waals surface area contributed by atoms with Crippen LogP contribution in [0.4, 0.5) is 0 Å². The van der Waals surface area contributed by atoms with Crippen molar-refractivity contribution >= 4 is 17.7 Å². The first-order valence-corrected chi connectivity index (χ1v) is 21.6. The number of fused-ring (bicyclic) bond motifs is 7. The van der Waals surface area contributed by atoms with E-state index in [1.807, 2.05) is 18.5 Å². The lowest BCUT2D eigenvalue weighted by molar-refractivity contribution is -0.233. The van der Waals surface area contributed by atoms with Crippen LogP contribution in [0.5, 0.6) is 0 Å². The van der Waals surface area contributed by atoms with Gasteiger partial charge >= 0.3 is 11.9 Å². The van der Waals surface area contributed by atoms with Gasteiger partial charge in [-0.05, 0) is 149 Å². The molecular weight excluding hydrogens is 687 g/mol. The number of carboxylic acids is 1. The van der Waals surface area contributed by atoms with E-state index in [0.29, 0.717) is 30.0 Å². The average Bonchev–Trinajstić information content (AvgIpc) is 3.40. The number of ketones is 1. The molecule has 5 aliphatic carbocycles. The average molecular weight is 760 g/mol. The number of nitrogens with zero attached hydrogens (tertiary/aromatic N) is 3. The number of ether oxygens (including phenoxy) is 1. The highest BCUT2D eigenvalue weighted by atomic mass is 16.5. The van der Waals surface area contributed by atoms with Crippen molar-refractivity contribution in [2.75, 3.05) is 33.7 Å². The van der Waals surface area contributed by atoms with Crippen molar-refractivity contribution in [3.63, 3.8) is 0 Å². The Hall–Kier alpha value is -2.58. The Morgan fingerprint density at radius 1 is 0.945 bits per heavy atom. The third-order valence-electron chi connectivity index (χ3n) is 16.9. The largest absolute Gasteiger partial charge is 0.481 e. The first-order chi connectivity index (χ1) is 25.6. The molecule has 0 amide bonds. The van der Waals surface area contributed by atoms with Crippen LogP contribution in [0.1, 0.15) is 139 Å². The molecule has 306 valence electrons. The Morgan fingerprint density at radius 3 is 2.31 bits per heavy atom. The number of likely N-dealkylation sites (N-methyl/N-ethyl adjacent to an activating group) is 1. The fraction of sp³-hybridized carbons (Fsp3) is 0.787. The molecule has 5 aliphatic rings. The standard InChI is InChI=1S/C47H73N3O5/c1-31(2)39-34(51)27-47(22-24-50(26-25-49(10)11)30-32-13-12-23-48-29-32)21-20-45(8)33(40(39)47)14-15-36-44(7)18-17-37(55-38(52)28-42(3,4)41(53)54)43(5,6)35(44)16-19-46(36,45)9/h12-13,23,29,31,33,35-37H,14-22,24-28,30H2,1-11H3,(H,53,54)/t33-,35+,36-,37+,44+,45-,46-,47-/m1/s1. The SMILES string of the molecule is CC(C)C1=C2[C@H]3CC[C@@H]4[C@@]5(C)CC[C@H](OC(=O)CC(C)(C)C(=O)O)C(C)(C)[C@@H]5CC[C@@]4(C)[C@]3(C)CC[C@@]2(CCN(CCN(C)C)Cc2cccnc2)CC1=O. The van der Waals surface area contributed by atoms with Crippen LogP contribution in [0.3, 0.4) is 0 Å². The van der Waals surface area contributed by atoms with Gasteiger partial charge in [0.15, 0.2) is 5.78 Å². The maximum atomic E-state index is 14.3. The van der Waals surface area contributed by atoms with E-state index in [4.69, 9.17) is 4.74 Å². The van der Waals surface area contributed by atoms with E-state index < -0.39 is 17.4 Å². The zero-order valence-electron chi connectivity index (χ0n) is 36.2. The Labute approximate surface area is 332 Å². The molecule has 0 unspecified atom stereocenters. The zero-order valence-corrected chi connectivity index (χ0v) is 36.2. The fourth-order valence-electron chi connectivity index (χ4n) is 13.6. The highest BCUT2D eigenvalue weighted by Crippen LogP contribution is 2.77. The zero-order chi connectivity index (χ0) is 40.4. The number of allylic oxidation sites excluding steroid dienone is 2. The summed E-state index contributed by atoms with van der Waals surface area (Å²) in [5.41, 5.74) is 2.89. The number of rotatable bonds is 13. The van der Waals surface area contributed by atoms with Gasteiger partial charge in [0.1, 0.15) is 6.10 Å². The molecule has 8 atom stereocenters. The molecule has 8 nitrogen and oxygen atoms in total. The van der Waals surface area contributed by atoms with E-state index in [9.17, 15) is 19.5 Å². The predicted molar refractivity (Wildman–Crippen MR) is 218 cm³/mol. The number of carbonyl (C=O) groups excluding carboxylic acids is 2. The molecule has 1 heterocycles. The Bertz CT molecular complexity index is 1650. The van der Waals surface area contributed by atoms with Crippen molar-refractivity contribution in [2.24, 2.45) is 56.2 Å². The summed E-state index contributed by atoms with van der Waals surface area (Å²) in [6.07, 6.45) is 13.9. The van der Waals surface area contributed by atoms with Crippen LogP contribution in [0.15, 0.2) is 35.7 Å². The van der Waals surface area contributed by atoms with Crippen molar-refractivity contribution in [1.82, 2.24) is 14.8 Å². The quantitative estimate of drug-likeness (QED) is 0.199. The summed E-state index contributed by atoms with van der Waals surface area (Å²) in [5.74, 6) is 0.643. The van der Waals surface area contributed by atoms with E-state index in [-0.39, 0.29) is 45.5 Å². The van der Waals surface area contributed by atoms with Crippen LogP contribution in [0.25, 0.3) is 0 Å². The number of Topliss-reactive ketones (excluding diaryl/α,β-unsaturated/α-hetero) is 1. The summed E-state index contributed by atoms with van der Waals surface area (Å²) in [7, 11) is 4.29. The van der Waals surface area contributed by atoms with Gasteiger partial charge in [0.2, 0.25) is 0 Å². The van der Waals surface area contributed by atoms with E-state index in [2.05, 4.69) is 83.4 Å². The summed E-state index contributed by atoms with van der Waals surface area (Å²) < 4.78 is 6.21. The first-order valence-electron chi connectivity index (χ1n) is 21.6. The van der Waals surface area contributed by atoms with Gasteiger partial charge in [0.25, 0.3) is 0 Å². The number of hydrogen-bond donors (Lipinski definition) is 1. The second kappa shape index (κ2) is 15.0. The number of pyridine rings is 1. The molecule has 0 saturated heterocycles. The monoisotopic (exact) mass is 760 g/mol. The molecule has 0 radical (unpaired) electrons. The van der Waals surface area contributed by atoms with Gasteiger partial charge in [-0.1, -0.05) is 60.1 Å². The minimum absolute atomic E-state index is 0.0599. The second-order valence-corrected chi connectivity index (χ2v) is 21.4. The Balaban J connectivity index is 1.26. The smallest absolute Gasteiger partial charge is 0.309 e. The summed E-state index contributed by atoms with van der Waals surface area (Å²) in [4.78, 5) is 48.5. The fourth-order valence-corrected chi connectivity index (χ4v) is 13.6. The Kier molecular flexibility index (Phi) is 11.4. The predicted octanol–water partition coefficient (Wildman–Crippen LogP) is 9.23. The van der Waals surface area contributed by atoms with Crippen molar-refractivity contribution in [3.8, 4) is 0 Å². The molecule has 1 aromatic rings. The van der Waals surface area contributed by atoms with E-state index in [0.717, 1.165) is 77.5 Å². The summed E-state index contributed by atoms with van der Waals surface area (Å²) in [6, 6.07) is 4.21. The van der Waals surface area contributed by atoms with Gasteiger partial charge in [-0.2, -0.15) is 0 Å². The third kappa shape index (κ3) is 7.27. The number of carboxylic acid groups (broad SMARTS) is 1. The molecule has 0 bridgehead atoms.